The third-order valence-electron chi connectivity index (χ3n) is 5.45. The lowest BCUT2D eigenvalue weighted by molar-refractivity contribution is 0.0999. The van der Waals surface area contributed by atoms with Crippen molar-refractivity contribution in [3.63, 3.8) is 0 Å². The Morgan fingerprint density at radius 3 is 2.66 bits per heavy atom. The lowest BCUT2D eigenvalue weighted by atomic mass is 9.92. The number of anilines is 1. The quantitative estimate of drug-likeness (QED) is 0.630. The van der Waals surface area contributed by atoms with Gasteiger partial charge in [-0.2, -0.15) is 0 Å². The Morgan fingerprint density at radius 1 is 1.17 bits per heavy atom. The molecule has 1 aliphatic heterocycles. The van der Waals surface area contributed by atoms with E-state index in [-0.39, 0.29) is 11.6 Å². The molecule has 0 spiro atoms. The van der Waals surface area contributed by atoms with Crippen molar-refractivity contribution in [3.8, 4) is 11.3 Å². The monoisotopic (exact) mass is 387 g/mol. The number of hydrogen-bond donors (Lipinski definition) is 0. The van der Waals surface area contributed by atoms with Crippen LogP contribution in [-0.4, -0.2) is 17.5 Å². The molecule has 0 saturated carbocycles. The molecule has 1 unspecified atom stereocenters. The molecule has 0 radical (unpaired) electrons. The molecule has 6 heteroatoms. The van der Waals surface area contributed by atoms with Crippen molar-refractivity contribution < 1.29 is 4.79 Å². The van der Waals surface area contributed by atoms with Crippen LogP contribution in [0.2, 0.25) is 0 Å². The first-order valence-corrected chi connectivity index (χ1v) is 9.50. The second-order valence-electron chi connectivity index (χ2n) is 7.48. The highest BCUT2D eigenvalue weighted by molar-refractivity contribution is 5.94. The van der Waals surface area contributed by atoms with Crippen LogP contribution in [0.15, 0.2) is 70.8 Å². The zero-order valence-electron chi connectivity index (χ0n) is 16.3. The average Bonchev–Trinajstić information content (AvgIpc) is 2.73. The number of hydrogen-bond acceptors (Lipinski definition) is 4. The third kappa shape index (κ3) is 3.49. The van der Waals surface area contributed by atoms with Gasteiger partial charge in [0, 0.05) is 48.3 Å². The molecule has 2 aromatic carbocycles. The van der Waals surface area contributed by atoms with Crippen molar-refractivity contribution in [3.05, 3.63) is 92.6 Å². The van der Waals surface area contributed by atoms with Gasteiger partial charge in [-0.15, -0.1) is 4.91 Å². The minimum Gasteiger partial charge on any atom is -0.370 e. The number of benzene rings is 2. The Hall–Kier alpha value is -3.54. The lowest BCUT2D eigenvalue weighted by Crippen LogP contribution is -2.24. The van der Waals surface area contributed by atoms with Gasteiger partial charge < -0.3 is 9.47 Å². The fourth-order valence-electron chi connectivity index (χ4n) is 3.94. The molecule has 0 aliphatic carbocycles. The van der Waals surface area contributed by atoms with E-state index in [1.165, 1.54) is 17.8 Å². The van der Waals surface area contributed by atoms with E-state index in [1.807, 2.05) is 41.8 Å². The smallest absolute Gasteiger partial charge is 0.322 e. The maximum Gasteiger partial charge on any atom is 0.322 e. The molecule has 1 aromatic heterocycles. The summed E-state index contributed by atoms with van der Waals surface area (Å²) in [5.74, 6) is -1.03. The maximum absolute atomic E-state index is 12.3. The van der Waals surface area contributed by atoms with Gasteiger partial charge in [-0.1, -0.05) is 36.4 Å². The molecule has 1 aliphatic rings. The first-order chi connectivity index (χ1) is 14.0. The average molecular weight is 387 g/mol. The number of carbonyl (C=O) groups excluding carboxylic acids is 1. The molecule has 0 N–H and O–H groups in total. The molecule has 4 rings (SSSR count). The number of amides is 1. The Labute approximate surface area is 168 Å². The summed E-state index contributed by atoms with van der Waals surface area (Å²) in [5.41, 5.74) is 4.55. The predicted octanol–water partition coefficient (Wildman–Crippen LogP) is 4.18. The maximum atomic E-state index is 12.3. The molecule has 3 aromatic rings. The summed E-state index contributed by atoms with van der Waals surface area (Å²) >= 11 is 0. The minimum atomic E-state index is -1.03. The van der Waals surface area contributed by atoms with Gasteiger partial charge in [0.2, 0.25) is 0 Å². The van der Waals surface area contributed by atoms with Crippen molar-refractivity contribution in [2.75, 3.05) is 11.9 Å². The number of pyridine rings is 1. The highest BCUT2D eigenvalue weighted by atomic mass is 16.3. The van der Waals surface area contributed by atoms with E-state index >= 15 is 0 Å². The normalized spacial score (nSPS) is 14.6. The van der Waals surface area contributed by atoms with E-state index in [0.29, 0.717) is 0 Å². The van der Waals surface area contributed by atoms with E-state index in [2.05, 4.69) is 35.3 Å². The van der Waals surface area contributed by atoms with E-state index in [0.717, 1.165) is 35.5 Å². The van der Waals surface area contributed by atoms with Crippen molar-refractivity contribution in [2.24, 2.45) is 5.18 Å². The molecule has 29 heavy (non-hydrogen) atoms. The molecule has 0 fully saturated rings. The second-order valence-corrected chi connectivity index (χ2v) is 7.48. The van der Waals surface area contributed by atoms with Gasteiger partial charge in [0.15, 0.2) is 5.43 Å². The Balaban J connectivity index is 1.71. The summed E-state index contributed by atoms with van der Waals surface area (Å²) in [6.07, 6.45) is 2.23. The highest BCUT2D eigenvalue weighted by Gasteiger charge is 2.24. The fourth-order valence-corrected chi connectivity index (χ4v) is 3.94. The van der Waals surface area contributed by atoms with Gasteiger partial charge in [-0.3, -0.25) is 9.59 Å². The molecular formula is C23H21N3O3. The SMILES string of the molecule is CC1Cc2cc(N(C)Cc3ccccc3)ccc2-c2cc(=O)c(C(=O)N=O)cn21. The van der Waals surface area contributed by atoms with Gasteiger partial charge in [0.05, 0.1) is 5.69 Å². The van der Waals surface area contributed by atoms with Gasteiger partial charge in [0.1, 0.15) is 5.56 Å². The molecular weight excluding hydrogens is 366 g/mol. The van der Waals surface area contributed by atoms with E-state index in [1.54, 1.807) is 0 Å². The van der Waals surface area contributed by atoms with E-state index < -0.39 is 11.3 Å². The van der Waals surface area contributed by atoms with Crippen molar-refractivity contribution >= 4 is 11.6 Å². The Kier molecular flexibility index (Phi) is 4.84. The summed E-state index contributed by atoms with van der Waals surface area (Å²) in [4.78, 5) is 36.8. The first-order valence-electron chi connectivity index (χ1n) is 9.50. The van der Waals surface area contributed by atoms with E-state index in [4.69, 9.17) is 0 Å². The predicted molar refractivity (Wildman–Crippen MR) is 113 cm³/mol. The highest BCUT2D eigenvalue weighted by Crippen LogP contribution is 2.36. The van der Waals surface area contributed by atoms with Gasteiger partial charge in [0.25, 0.3) is 0 Å². The van der Waals surface area contributed by atoms with E-state index in [9.17, 15) is 14.5 Å². The second kappa shape index (κ2) is 7.47. The molecule has 2 heterocycles. The van der Waals surface area contributed by atoms with Crippen LogP contribution in [0.25, 0.3) is 11.3 Å². The van der Waals surface area contributed by atoms with Crippen molar-refractivity contribution in [1.82, 2.24) is 4.57 Å². The molecule has 1 amide bonds. The minimum absolute atomic E-state index is 0.0472. The largest absolute Gasteiger partial charge is 0.370 e. The molecule has 0 bridgehead atoms. The van der Waals surface area contributed by atoms with Crippen molar-refractivity contribution in [2.45, 2.75) is 25.9 Å². The summed E-state index contributed by atoms with van der Waals surface area (Å²) in [6, 6.07) is 18.0. The van der Waals surface area contributed by atoms with Crippen LogP contribution in [0.1, 0.15) is 34.5 Å². The first kappa shape index (κ1) is 18.8. The number of nitroso groups, excluding NO2 is 1. The van der Waals surface area contributed by atoms with Crippen LogP contribution < -0.4 is 10.3 Å². The number of rotatable bonds is 4. The number of nitrogens with zero attached hydrogens (tertiary/aromatic N) is 3. The number of aromatic nitrogens is 1. The summed E-state index contributed by atoms with van der Waals surface area (Å²) in [6.45, 7) is 2.83. The fraction of sp³-hybridized carbons (Fsp3) is 0.217. The number of fused-ring (bicyclic) bond motifs is 3. The molecule has 6 nitrogen and oxygen atoms in total. The standard InChI is InChI=1S/C23H21N3O3/c1-15-10-17-11-18(25(2)13-16-6-4-3-5-7-16)8-9-19(17)21-12-22(27)20(14-26(15)21)23(28)24-29/h3-9,11-12,14-15H,10,13H2,1-2H3. The Bertz CT molecular complexity index is 1150. The van der Waals surface area contributed by atoms with Crippen LogP contribution >= 0.6 is 0 Å². The third-order valence-corrected chi connectivity index (χ3v) is 5.45. The Morgan fingerprint density at radius 2 is 1.93 bits per heavy atom. The van der Waals surface area contributed by atoms with Gasteiger partial charge in [-0.05, 0) is 36.6 Å². The van der Waals surface area contributed by atoms with Crippen LogP contribution in [-0.2, 0) is 13.0 Å². The van der Waals surface area contributed by atoms with Crippen LogP contribution in [0.5, 0.6) is 0 Å². The summed E-state index contributed by atoms with van der Waals surface area (Å²) in [7, 11) is 2.06. The van der Waals surface area contributed by atoms with Gasteiger partial charge in [-0.25, -0.2) is 0 Å². The van der Waals surface area contributed by atoms with Crippen LogP contribution in [0.4, 0.5) is 5.69 Å². The number of carbonyl (C=O) groups is 1. The van der Waals surface area contributed by atoms with Crippen molar-refractivity contribution in [1.29, 1.82) is 0 Å². The lowest BCUT2D eigenvalue weighted by Gasteiger charge is -2.30. The molecule has 146 valence electrons. The topological polar surface area (TPSA) is 71.7 Å². The zero-order chi connectivity index (χ0) is 20.5. The molecule has 1 atom stereocenters. The summed E-state index contributed by atoms with van der Waals surface area (Å²) in [5, 5.41) is 2.40. The summed E-state index contributed by atoms with van der Waals surface area (Å²) < 4.78 is 1.88. The zero-order valence-corrected chi connectivity index (χ0v) is 16.3. The van der Waals surface area contributed by atoms with Gasteiger partial charge >= 0.3 is 5.91 Å². The molecule has 0 saturated heterocycles. The van der Waals surface area contributed by atoms with Crippen LogP contribution in [0.3, 0.4) is 0 Å². The van der Waals surface area contributed by atoms with Crippen LogP contribution in [0, 0.1) is 4.91 Å².